The van der Waals surface area contributed by atoms with Gasteiger partial charge in [0.25, 0.3) is 0 Å². The fourth-order valence-corrected chi connectivity index (χ4v) is 3.46. The minimum absolute atomic E-state index is 0.0815. The van der Waals surface area contributed by atoms with Gasteiger partial charge in [-0.25, -0.2) is 0 Å². The van der Waals surface area contributed by atoms with Crippen molar-refractivity contribution in [1.29, 1.82) is 0 Å². The molecule has 0 saturated carbocycles. The van der Waals surface area contributed by atoms with Crippen LogP contribution in [0.2, 0.25) is 5.02 Å². The van der Waals surface area contributed by atoms with Crippen LogP contribution in [0.15, 0.2) is 53.0 Å². The molecule has 1 saturated heterocycles. The van der Waals surface area contributed by atoms with Gasteiger partial charge in [-0.15, -0.1) is 0 Å². The first-order valence-electron chi connectivity index (χ1n) is 8.24. The molecule has 0 aromatic heterocycles. The number of carbonyl (C=O) groups excluding carboxylic acids is 1. The summed E-state index contributed by atoms with van der Waals surface area (Å²) in [7, 11) is 0. The van der Waals surface area contributed by atoms with Crippen LogP contribution in [0.25, 0.3) is 0 Å². The summed E-state index contributed by atoms with van der Waals surface area (Å²) in [6, 6.07) is 14.3. The van der Waals surface area contributed by atoms with Crippen molar-refractivity contribution in [2.45, 2.75) is 24.5 Å². The molecule has 1 fully saturated rings. The summed E-state index contributed by atoms with van der Waals surface area (Å²) in [5.74, 6) is -0.0815. The van der Waals surface area contributed by atoms with Gasteiger partial charge in [0.1, 0.15) is 5.60 Å². The minimum atomic E-state index is -1.33. The Hall–Kier alpha value is -1.40. The number of rotatable bonds is 5. The molecule has 1 aliphatic rings. The number of benzene rings is 2. The topological polar surface area (TPSA) is 61.4 Å². The lowest BCUT2D eigenvalue weighted by Gasteiger charge is -2.30. The van der Waals surface area contributed by atoms with Gasteiger partial charge in [0.2, 0.25) is 5.91 Å². The molecule has 3 N–H and O–H groups in total. The number of amides is 1. The second-order valence-electron chi connectivity index (χ2n) is 6.24. The highest BCUT2D eigenvalue weighted by molar-refractivity contribution is 9.10. The predicted molar refractivity (Wildman–Crippen MR) is 103 cm³/mol. The third kappa shape index (κ3) is 4.23. The molecular formula is C19H20BrClN2O2. The van der Waals surface area contributed by atoms with Gasteiger partial charge in [0, 0.05) is 9.50 Å². The number of carbonyl (C=O) groups is 1. The minimum Gasteiger partial charge on any atom is -0.379 e. The summed E-state index contributed by atoms with van der Waals surface area (Å²) in [5.41, 5.74) is 0.0520. The van der Waals surface area contributed by atoms with E-state index in [1.165, 1.54) is 0 Å². The van der Waals surface area contributed by atoms with E-state index in [0.29, 0.717) is 16.1 Å². The normalized spacial score (nSPS) is 19.4. The lowest BCUT2D eigenvalue weighted by molar-refractivity contribution is -0.123. The van der Waals surface area contributed by atoms with Crippen LogP contribution in [-0.4, -0.2) is 30.1 Å². The van der Waals surface area contributed by atoms with Crippen LogP contribution in [0.5, 0.6) is 0 Å². The molecule has 4 nitrogen and oxygen atoms in total. The number of halogens is 2. The smallest absolute Gasteiger partial charge is 0.237 e. The Bertz CT molecular complexity index is 683. The molecule has 1 heterocycles. The maximum atomic E-state index is 12.3. The van der Waals surface area contributed by atoms with Gasteiger partial charge >= 0.3 is 0 Å². The van der Waals surface area contributed by atoms with Crippen LogP contribution in [0.3, 0.4) is 0 Å². The molecule has 1 amide bonds. The maximum absolute atomic E-state index is 12.3. The monoisotopic (exact) mass is 422 g/mol. The highest BCUT2D eigenvalue weighted by Crippen LogP contribution is 2.31. The fourth-order valence-electron chi connectivity index (χ4n) is 3.07. The summed E-state index contributed by atoms with van der Waals surface area (Å²) in [6.07, 6.45) is 1.82. The second-order valence-corrected chi connectivity index (χ2v) is 7.59. The van der Waals surface area contributed by atoms with Crippen LogP contribution in [0, 0.1) is 0 Å². The Morgan fingerprint density at radius 2 is 1.80 bits per heavy atom. The van der Waals surface area contributed by atoms with Crippen molar-refractivity contribution in [1.82, 2.24) is 10.6 Å². The molecule has 0 spiro atoms. The van der Waals surface area contributed by atoms with E-state index in [1.54, 1.807) is 24.3 Å². The summed E-state index contributed by atoms with van der Waals surface area (Å²) in [5, 5.41) is 18.1. The summed E-state index contributed by atoms with van der Waals surface area (Å²) in [6.45, 7) is 0.944. The number of hydrogen-bond acceptors (Lipinski definition) is 3. The Labute approximate surface area is 160 Å². The maximum Gasteiger partial charge on any atom is 0.237 e. The highest BCUT2D eigenvalue weighted by Gasteiger charge is 2.33. The van der Waals surface area contributed by atoms with Crippen molar-refractivity contribution in [2.24, 2.45) is 0 Å². The van der Waals surface area contributed by atoms with E-state index < -0.39 is 5.60 Å². The standard InChI is InChI=1S/C19H20BrClN2O2/c20-15-7-3-13(4-8-15)19(25,14-5-9-16(21)10-6-14)12-23-18(24)17-2-1-11-22-17/h3-10,17,22,25H,1-2,11-12H2,(H,23,24)/t17-,19?/m1/s1. The van der Waals surface area contributed by atoms with Gasteiger partial charge in [0.15, 0.2) is 0 Å². The van der Waals surface area contributed by atoms with Crippen LogP contribution in [0.1, 0.15) is 24.0 Å². The van der Waals surface area contributed by atoms with Gasteiger partial charge in [-0.1, -0.05) is 51.8 Å². The zero-order valence-corrected chi connectivity index (χ0v) is 16.0. The van der Waals surface area contributed by atoms with E-state index in [1.807, 2.05) is 24.3 Å². The number of nitrogens with one attached hydrogen (secondary N) is 2. The highest BCUT2D eigenvalue weighted by atomic mass is 79.9. The number of aliphatic hydroxyl groups is 1. The van der Waals surface area contributed by atoms with E-state index >= 15 is 0 Å². The first-order valence-corrected chi connectivity index (χ1v) is 9.42. The quantitative estimate of drug-likeness (QED) is 0.692. The molecule has 0 bridgehead atoms. The Morgan fingerprint density at radius 3 is 2.36 bits per heavy atom. The first kappa shape index (κ1) is 18.4. The average molecular weight is 424 g/mol. The molecule has 2 aromatic rings. The van der Waals surface area contributed by atoms with E-state index in [-0.39, 0.29) is 18.5 Å². The second kappa shape index (κ2) is 7.87. The van der Waals surface area contributed by atoms with Crippen molar-refractivity contribution in [3.05, 3.63) is 69.2 Å². The van der Waals surface area contributed by atoms with Gasteiger partial charge in [-0.2, -0.15) is 0 Å². The first-order chi connectivity index (χ1) is 12.0. The average Bonchev–Trinajstić information content (AvgIpc) is 3.15. The van der Waals surface area contributed by atoms with Crippen LogP contribution >= 0.6 is 27.5 Å². The van der Waals surface area contributed by atoms with Gasteiger partial charge in [-0.05, 0) is 54.8 Å². The van der Waals surface area contributed by atoms with Crippen LogP contribution in [0.4, 0.5) is 0 Å². The molecule has 0 radical (unpaired) electrons. The van der Waals surface area contributed by atoms with E-state index in [0.717, 1.165) is 23.9 Å². The van der Waals surface area contributed by atoms with Crippen molar-refractivity contribution in [2.75, 3.05) is 13.1 Å². The molecule has 0 aliphatic carbocycles. The van der Waals surface area contributed by atoms with Gasteiger partial charge < -0.3 is 15.7 Å². The Balaban J connectivity index is 1.86. The molecule has 2 aromatic carbocycles. The third-order valence-electron chi connectivity index (χ3n) is 4.54. The van der Waals surface area contributed by atoms with Crippen molar-refractivity contribution in [3.63, 3.8) is 0 Å². The summed E-state index contributed by atoms with van der Waals surface area (Å²) >= 11 is 9.38. The zero-order chi connectivity index (χ0) is 17.9. The molecule has 6 heteroatoms. The summed E-state index contributed by atoms with van der Waals surface area (Å²) in [4.78, 5) is 12.3. The van der Waals surface area contributed by atoms with E-state index in [2.05, 4.69) is 26.6 Å². The molecular weight excluding hydrogens is 404 g/mol. The Morgan fingerprint density at radius 1 is 1.20 bits per heavy atom. The molecule has 132 valence electrons. The van der Waals surface area contributed by atoms with Crippen LogP contribution < -0.4 is 10.6 Å². The third-order valence-corrected chi connectivity index (χ3v) is 5.32. The Kier molecular flexibility index (Phi) is 5.79. The van der Waals surface area contributed by atoms with E-state index in [9.17, 15) is 9.90 Å². The lowest BCUT2D eigenvalue weighted by atomic mass is 9.86. The van der Waals surface area contributed by atoms with Gasteiger partial charge in [-0.3, -0.25) is 4.79 Å². The van der Waals surface area contributed by atoms with E-state index in [4.69, 9.17) is 11.6 Å². The van der Waals surface area contributed by atoms with Crippen molar-refractivity contribution in [3.8, 4) is 0 Å². The fraction of sp³-hybridized carbons (Fsp3) is 0.316. The predicted octanol–water partition coefficient (Wildman–Crippen LogP) is 3.21. The molecule has 25 heavy (non-hydrogen) atoms. The largest absolute Gasteiger partial charge is 0.379 e. The zero-order valence-electron chi connectivity index (χ0n) is 13.6. The molecule has 1 aliphatic heterocycles. The van der Waals surface area contributed by atoms with Gasteiger partial charge in [0.05, 0.1) is 12.6 Å². The van der Waals surface area contributed by atoms with Crippen LogP contribution in [-0.2, 0) is 10.4 Å². The van der Waals surface area contributed by atoms with Crippen molar-refractivity contribution < 1.29 is 9.90 Å². The van der Waals surface area contributed by atoms with Crippen molar-refractivity contribution >= 4 is 33.4 Å². The molecule has 3 rings (SSSR count). The molecule has 1 unspecified atom stereocenters. The number of hydrogen-bond donors (Lipinski definition) is 3. The SMILES string of the molecule is O=C(NCC(O)(c1ccc(Cl)cc1)c1ccc(Br)cc1)[C@H]1CCCN1. The molecule has 2 atom stereocenters. The lowest BCUT2D eigenvalue weighted by Crippen LogP contribution is -2.47. The summed E-state index contributed by atoms with van der Waals surface area (Å²) < 4.78 is 0.925.